The van der Waals surface area contributed by atoms with Crippen LogP contribution in [0.3, 0.4) is 0 Å². The zero-order valence-electron chi connectivity index (χ0n) is 18.3. The summed E-state index contributed by atoms with van der Waals surface area (Å²) in [7, 11) is 2.06. The van der Waals surface area contributed by atoms with Crippen LogP contribution in [-0.4, -0.2) is 25.8 Å². The third-order valence-electron chi connectivity index (χ3n) is 7.58. The maximum absolute atomic E-state index is 6.08. The molecule has 0 aromatic carbocycles. The minimum Gasteiger partial charge on any atom is -0.328 e. The van der Waals surface area contributed by atoms with E-state index in [2.05, 4.69) is 31.0 Å². The zero-order chi connectivity index (χ0) is 20.4. The van der Waals surface area contributed by atoms with Crippen LogP contribution in [0.1, 0.15) is 82.7 Å². The maximum atomic E-state index is 6.08. The van der Waals surface area contributed by atoms with Crippen molar-refractivity contribution in [1.82, 2.24) is 19.7 Å². The van der Waals surface area contributed by atoms with Gasteiger partial charge >= 0.3 is 0 Å². The number of hydrogen-bond acceptors (Lipinski definition) is 4. The molecule has 2 aliphatic carbocycles. The van der Waals surface area contributed by atoms with Crippen molar-refractivity contribution in [2.45, 2.75) is 83.6 Å². The predicted molar refractivity (Wildman–Crippen MR) is 117 cm³/mol. The van der Waals surface area contributed by atoms with Gasteiger partial charge in [0.25, 0.3) is 0 Å². The first-order valence-corrected chi connectivity index (χ1v) is 11.6. The highest BCUT2D eigenvalue weighted by molar-refractivity contribution is 5.61. The molecule has 2 N–H and O–H groups in total. The first-order chi connectivity index (χ1) is 14.0. The average molecular weight is 396 g/mol. The molecule has 5 heteroatoms. The van der Waals surface area contributed by atoms with Crippen LogP contribution in [0.4, 0.5) is 0 Å². The summed E-state index contributed by atoms with van der Waals surface area (Å²) < 4.78 is 2.04. The van der Waals surface area contributed by atoms with E-state index >= 15 is 0 Å². The molecule has 29 heavy (non-hydrogen) atoms. The summed E-state index contributed by atoms with van der Waals surface area (Å²) >= 11 is 0. The normalized spacial score (nSPS) is 24.8. The lowest BCUT2D eigenvalue weighted by Crippen LogP contribution is -2.27. The van der Waals surface area contributed by atoms with Gasteiger partial charge in [-0.1, -0.05) is 33.1 Å². The summed E-state index contributed by atoms with van der Waals surface area (Å²) in [4.78, 5) is 9.67. The first-order valence-electron chi connectivity index (χ1n) is 11.6. The van der Waals surface area contributed by atoms with Crippen LogP contribution in [0.2, 0.25) is 0 Å². The van der Waals surface area contributed by atoms with Crippen LogP contribution in [0.25, 0.3) is 11.3 Å². The van der Waals surface area contributed by atoms with Gasteiger partial charge in [-0.3, -0.25) is 4.68 Å². The summed E-state index contributed by atoms with van der Waals surface area (Å²) in [5.74, 6) is 3.53. The van der Waals surface area contributed by atoms with E-state index < -0.39 is 0 Å². The van der Waals surface area contributed by atoms with Gasteiger partial charge in [0.2, 0.25) is 0 Å². The lowest BCUT2D eigenvalue weighted by Gasteiger charge is -2.30. The maximum Gasteiger partial charge on any atom is 0.132 e. The smallest absolute Gasteiger partial charge is 0.132 e. The van der Waals surface area contributed by atoms with Crippen molar-refractivity contribution in [1.29, 1.82) is 0 Å². The predicted octanol–water partition coefficient (Wildman–Crippen LogP) is 4.87. The fourth-order valence-electron chi connectivity index (χ4n) is 5.04. The highest BCUT2D eigenvalue weighted by Gasteiger charge is 2.26. The Labute approximate surface area is 175 Å². The Morgan fingerprint density at radius 2 is 1.86 bits per heavy atom. The van der Waals surface area contributed by atoms with Crippen molar-refractivity contribution >= 4 is 0 Å². The first kappa shape index (κ1) is 20.5. The van der Waals surface area contributed by atoms with E-state index in [4.69, 9.17) is 10.7 Å². The standard InChI is InChI=1S/C24H37N5/c1-16(13-19-7-9-20(25)10-8-19)17(2)24-26-12-11-22(28-24)21-15-27-29(3)23(21)14-18-5-4-6-18/h11-12,15-20H,4-10,13-14,25H2,1-3H3/t16-,17?,19-,20-/m1/s1. The van der Waals surface area contributed by atoms with E-state index in [0.29, 0.717) is 17.9 Å². The number of hydrogen-bond donors (Lipinski definition) is 1. The van der Waals surface area contributed by atoms with Gasteiger partial charge in [-0.05, 0) is 62.3 Å². The van der Waals surface area contributed by atoms with Crippen LogP contribution >= 0.6 is 0 Å². The molecule has 2 aromatic heterocycles. The van der Waals surface area contributed by atoms with Crippen molar-refractivity contribution in [3.63, 3.8) is 0 Å². The van der Waals surface area contributed by atoms with Gasteiger partial charge in [-0.15, -0.1) is 0 Å². The molecule has 158 valence electrons. The Bertz CT molecular complexity index is 801. The Kier molecular flexibility index (Phi) is 6.33. The Morgan fingerprint density at radius 1 is 1.10 bits per heavy atom. The molecule has 2 atom stereocenters. The molecule has 0 spiro atoms. The number of nitrogens with zero attached hydrogens (tertiary/aromatic N) is 4. The second-order valence-corrected chi connectivity index (χ2v) is 9.71. The summed E-state index contributed by atoms with van der Waals surface area (Å²) in [6.07, 6.45) is 15.3. The van der Waals surface area contributed by atoms with Gasteiger partial charge in [-0.2, -0.15) is 5.10 Å². The quantitative estimate of drug-likeness (QED) is 0.726. The molecule has 2 aromatic rings. The Hall–Kier alpha value is -1.75. The summed E-state index contributed by atoms with van der Waals surface area (Å²) in [5.41, 5.74) is 9.61. The van der Waals surface area contributed by atoms with Crippen molar-refractivity contribution in [3.05, 3.63) is 30.0 Å². The van der Waals surface area contributed by atoms with E-state index in [1.165, 1.54) is 62.6 Å². The molecule has 1 unspecified atom stereocenters. The van der Waals surface area contributed by atoms with E-state index in [-0.39, 0.29) is 0 Å². The van der Waals surface area contributed by atoms with Gasteiger partial charge in [0.1, 0.15) is 5.82 Å². The Morgan fingerprint density at radius 3 is 2.55 bits per heavy atom. The number of nitrogens with two attached hydrogens (primary N) is 1. The monoisotopic (exact) mass is 395 g/mol. The van der Waals surface area contributed by atoms with Crippen LogP contribution in [0.5, 0.6) is 0 Å². The summed E-state index contributed by atoms with van der Waals surface area (Å²) in [6, 6.07) is 2.47. The van der Waals surface area contributed by atoms with Crippen molar-refractivity contribution in [3.8, 4) is 11.3 Å². The lowest BCUT2D eigenvalue weighted by atomic mass is 9.78. The van der Waals surface area contributed by atoms with Gasteiger partial charge in [0, 0.05) is 36.5 Å². The summed E-state index contributed by atoms with van der Waals surface area (Å²) in [6.45, 7) is 4.65. The molecular formula is C24H37N5. The highest BCUT2D eigenvalue weighted by Crippen LogP contribution is 2.35. The van der Waals surface area contributed by atoms with E-state index in [9.17, 15) is 0 Å². The molecule has 5 nitrogen and oxygen atoms in total. The average Bonchev–Trinajstić information content (AvgIpc) is 3.06. The third kappa shape index (κ3) is 4.71. The molecule has 0 saturated heterocycles. The Balaban J connectivity index is 1.47. The lowest BCUT2D eigenvalue weighted by molar-refractivity contribution is 0.261. The highest BCUT2D eigenvalue weighted by atomic mass is 15.3. The molecule has 2 saturated carbocycles. The number of rotatable bonds is 7. The topological polar surface area (TPSA) is 69.6 Å². The summed E-state index contributed by atoms with van der Waals surface area (Å²) in [5, 5.41) is 4.54. The second-order valence-electron chi connectivity index (χ2n) is 9.71. The molecule has 2 fully saturated rings. The van der Waals surface area contributed by atoms with Crippen molar-refractivity contribution in [2.24, 2.45) is 30.5 Å². The van der Waals surface area contributed by atoms with Gasteiger partial charge in [-0.25, -0.2) is 9.97 Å². The molecule has 0 bridgehead atoms. The molecule has 0 aliphatic heterocycles. The molecule has 0 amide bonds. The largest absolute Gasteiger partial charge is 0.328 e. The second kappa shape index (κ2) is 8.95. The van der Waals surface area contributed by atoms with Gasteiger partial charge in [0.05, 0.1) is 11.9 Å². The SMILES string of the molecule is CC(c1nccc(-c2cnn(C)c2CC2CCC2)n1)[C@H](C)C[C@H]1CC[C@H](N)CC1. The van der Waals surface area contributed by atoms with Crippen molar-refractivity contribution < 1.29 is 0 Å². The zero-order valence-corrected chi connectivity index (χ0v) is 18.3. The fraction of sp³-hybridized carbons (Fsp3) is 0.708. The minimum atomic E-state index is 0.359. The van der Waals surface area contributed by atoms with Crippen LogP contribution in [0.15, 0.2) is 18.5 Å². The molecular weight excluding hydrogens is 358 g/mol. The van der Waals surface area contributed by atoms with Crippen LogP contribution < -0.4 is 5.73 Å². The third-order valence-corrected chi connectivity index (χ3v) is 7.58. The van der Waals surface area contributed by atoms with Crippen LogP contribution in [0, 0.1) is 17.8 Å². The number of aromatic nitrogens is 4. The van der Waals surface area contributed by atoms with Crippen LogP contribution in [-0.2, 0) is 13.5 Å². The molecule has 2 heterocycles. The fourth-order valence-corrected chi connectivity index (χ4v) is 5.04. The van der Waals surface area contributed by atoms with E-state index in [0.717, 1.165) is 29.8 Å². The van der Waals surface area contributed by atoms with E-state index in [1.54, 1.807) is 0 Å². The van der Waals surface area contributed by atoms with Gasteiger partial charge in [0.15, 0.2) is 0 Å². The molecule has 0 radical (unpaired) electrons. The van der Waals surface area contributed by atoms with Crippen molar-refractivity contribution in [2.75, 3.05) is 0 Å². The van der Waals surface area contributed by atoms with E-state index in [1.807, 2.05) is 23.1 Å². The minimum absolute atomic E-state index is 0.359. The number of aryl methyl sites for hydroxylation is 1. The van der Waals surface area contributed by atoms with Gasteiger partial charge < -0.3 is 5.73 Å². The molecule has 2 aliphatic rings. The molecule has 4 rings (SSSR count).